The Kier molecular flexibility index (Phi) is 6.90. The fourth-order valence-electron chi connectivity index (χ4n) is 3.23. The largest absolute Gasteiger partial charge is 0.497 e. The van der Waals surface area contributed by atoms with Crippen LogP contribution < -0.4 is 15.4 Å². The first kappa shape index (κ1) is 20.9. The van der Waals surface area contributed by atoms with Crippen molar-refractivity contribution in [2.45, 2.75) is 6.54 Å². The van der Waals surface area contributed by atoms with E-state index in [9.17, 15) is 4.79 Å². The highest BCUT2D eigenvalue weighted by molar-refractivity contribution is 5.99. The van der Waals surface area contributed by atoms with Gasteiger partial charge in [-0.15, -0.1) is 12.4 Å². The van der Waals surface area contributed by atoms with Crippen molar-refractivity contribution in [3.8, 4) is 17.0 Å². The zero-order chi connectivity index (χ0) is 19.3. The average molecular weight is 413 g/mol. The molecule has 1 aliphatic heterocycles. The van der Waals surface area contributed by atoms with Crippen molar-refractivity contribution in [3.63, 3.8) is 0 Å². The van der Waals surface area contributed by atoms with Crippen LogP contribution in [0.3, 0.4) is 0 Å². The highest BCUT2D eigenvalue weighted by atomic mass is 35.5. The van der Waals surface area contributed by atoms with Crippen LogP contribution in [0.1, 0.15) is 15.9 Å². The van der Waals surface area contributed by atoms with Gasteiger partial charge in [0, 0.05) is 37.3 Å². The fraction of sp³-hybridized carbons (Fsp3) is 0.273. The van der Waals surface area contributed by atoms with Crippen molar-refractivity contribution in [2.75, 3.05) is 26.7 Å². The van der Waals surface area contributed by atoms with Gasteiger partial charge < -0.3 is 15.4 Å². The topological polar surface area (TPSA) is 68.2 Å². The summed E-state index contributed by atoms with van der Waals surface area (Å²) in [5.74, 6) is 1.20. The number of nitrogens with zero attached hydrogens (tertiary/aromatic N) is 2. The van der Waals surface area contributed by atoms with Gasteiger partial charge in [0.25, 0.3) is 5.91 Å². The van der Waals surface area contributed by atoms with Gasteiger partial charge in [-0.2, -0.15) is 5.10 Å². The van der Waals surface area contributed by atoms with Crippen molar-refractivity contribution in [3.05, 3.63) is 71.9 Å². The van der Waals surface area contributed by atoms with E-state index >= 15 is 0 Å². The maximum Gasteiger partial charge on any atom is 0.255 e. The van der Waals surface area contributed by atoms with E-state index in [1.54, 1.807) is 7.11 Å². The zero-order valence-electron chi connectivity index (χ0n) is 16.3. The number of aromatic nitrogens is 2. The molecular formula is C22H25ClN4O2. The molecule has 2 heterocycles. The molecule has 0 atom stereocenters. The van der Waals surface area contributed by atoms with E-state index in [2.05, 4.69) is 22.8 Å². The Labute approximate surface area is 176 Å². The first-order valence-electron chi connectivity index (χ1n) is 9.47. The van der Waals surface area contributed by atoms with E-state index in [-0.39, 0.29) is 18.3 Å². The third-order valence-corrected chi connectivity index (χ3v) is 4.97. The Morgan fingerprint density at radius 3 is 2.52 bits per heavy atom. The second-order valence-corrected chi connectivity index (χ2v) is 7.04. The maximum atomic E-state index is 12.9. The van der Waals surface area contributed by atoms with Gasteiger partial charge in [0.05, 0.1) is 19.2 Å². The molecule has 0 saturated carbocycles. The predicted molar refractivity (Wildman–Crippen MR) is 116 cm³/mol. The summed E-state index contributed by atoms with van der Waals surface area (Å²) in [6.45, 7) is 3.21. The number of carbonyl (C=O) groups excluding carboxylic acids is 1. The van der Waals surface area contributed by atoms with Gasteiger partial charge in [0.15, 0.2) is 0 Å². The summed E-state index contributed by atoms with van der Waals surface area (Å²) in [7, 11) is 1.64. The lowest BCUT2D eigenvalue weighted by Crippen LogP contribution is -2.48. The normalized spacial score (nSPS) is 13.3. The molecule has 1 amide bonds. The van der Waals surface area contributed by atoms with E-state index in [0.29, 0.717) is 30.3 Å². The summed E-state index contributed by atoms with van der Waals surface area (Å²) in [5, 5.41) is 11.0. The van der Waals surface area contributed by atoms with E-state index in [1.165, 1.54) is 0 Å². The molecule has 2 N–H and O–H groups in total. The molecule has 1 aliphatic rings. The summed E-state index contributed by atoms with van der Waals surface area (Å²) in [6.07, 6.45) is 1.83. The SMILES string of the molecule is COc1ccc(-c2nn(Cc3ccccc3)cc2C(=O)NCC2CNC2)cc1.Cl. The van der Waals surface area contributed by atoms with Crippen LogP contribution in [0.4, 0.5) is 0 Å². The van der Waals surface area contributed by atoms with Crippen LogP contribution in [0.2, 0.25) is 0 Å². The lowest BCUT2D eigenvalue weighted by Gasteiger charge is -2.27. The molecule has 0 unspecified atom stereocenters. The van der Waals surface area contributed by atoms with Gasteiger partial charge in [-0.1, -0.05) is 30.3 Å². The third kappa shape index (κ3) is 4.96. The van der Waals surface area contributed by atoms with Crippen LogP contribution in [-0.4, -0.2) is 42.4 Å². The summed E-state index contributed by atoms with van der Waals surface area (Å²) in [6, 6.07) is 17.7. The van der Waals surface area contributed by atoms with Crippen LogP contribution in [0.5, 0.6) is 5.75 Å². The first-order chi connectivity index (χ1) is 13.7. The van der Waals surface area contributed by atoms with Gasteiger partial charge in [-0.05, 0) is 29.8 Å². The maximum absolute atomic E-state index is 12.9. The number of carbonyl (C=O) groups is 1. The van der Waals surface area contributed by atoms with Crippen molar-refractivity contribution in [2.24, 2.45) is 5.92 Å². The molecule has 1 fully saturated rings. The molecule has 0 aliphatic carbocycles. The van der Waals surface area contributed by atoms with Crippen LogP contribution in [0, 0.1) is 5.92 Å². The average Bonchev–Trinajstić information content (AvgIpc) is 3.11. The minimum absolute atomic E-state index is 0. The Morgan fingerprint density at radius 1 is 1.17 bits per heavy atom. The zero-order valence-corrected chi connectivity index (χ0v) is 17.1. The molecular weight excluding hydrogens is 388 g/mol. The summed E-state index contributed by atoms with van der Waals surface area (Å²) >= 11 is 0. The minimum atomic E-state index is -0.0861. The number of halogens is 1. The molecule has 4 rings (SSSR count). The number of benzene rings is 2. The Bertz CT molecular complexity index is 937. The van der Waals surface area contributed by atoms with Crippen LogP contribution in [-0.2, 0) is 6.54 Å². The van der Waals surface area contributed by atoms with Crippen LogP contribution in [0.25, 0.3) is 11.3 Å². The molecule has 2 aromatic carbocycles. The van der Waals surface area contributed by atoms with Crippen LogP contribution in [0.15, 0.2) is 60.8 Å². The van der Waals surface area contributed by atoms with Crippen molar-refractivity contribution in [1.82, 2.24) is 20.4 Å². The molecule has 29 heavy (non-hydrogen) atoms. The van der Waals surface area contributed by atoms with Gasteiger partial charge in [0.2, 0.25) is 0 Å². The summed E-state index contributed by atoms with van der Waals surface area (Å²) in [4.78, 5) is 12.9. The second kappa shape index (κ2) is 9.58. The number of nitrogens with one attached hydrogen (secondary N) is 2. The van der Waals surface area contributed by atoms with Gasteiger partial charge in [-0.25, -0.2) is 0 Å². The van der Waals surface area contributed by atoms with Gasteiger partial charge in [-0.3, -0.25) is 9.48 Å². The van der Waals surface area contributed by atoms with Crippen LogP contribution >= 0.6 is 12.4 Å². The van der Waals surface area contributed by atoms with Crippen molar-refractivity contribution >= 4 is 18.3 Å². The number of methoxy groups -OCH3 is 1. The second-order valence-electron chi connectivity index (χ2n) is 7.04. The fourth-order valence-corrected chi connectivity index (χ4v) is 3.23. The minimum Gasteiger partial charge on any atom is -0.497 e. The van der Waals surface area contributed by atoms with Crippen molar-refractivity contribution in [1.29, 1.82) is 0 Å². The molecule has 0 radical (unpaired) electrons. The van der Waals surface area contributed by atoms with E-state index < -0.39 is 0 Å². The number of amides is 1. The summed E-state index contributed by atoms with van der Waals surface area (Å²) in [5.41, 5.74) is 3.30. The van der Waals surface area contributed by atoms with Gasteiger partial charge in [0.1, 0.15) is 11.4 Å². The monoisotopic (exact) mass is 412 g/mol. The van der Waals surface area contributed by atoms with E-state index in [0.717, 1.165) is 30.0 Å². The lowest BCUT2D eigenvalue weighted by atomic mass is 10.0. The molecule has 152 valence electrons. The molecule has 1 saturated heterocycles. The molecule has 0 bridgehead atoms. The number of hydrogen-bond acceptors (Lipinski definition) is 4. The summed E-state index contributed by atoms with van der Waals surface area (Å²) < 4.78 is 7.07. The van der Waals surface area contributed by atoms with Crippen molar-refractivity contribution < 1.29 is 9.53 Å². The van der Waals surface area contributed by atoms with Gasteiger partial charge >= 0.3 is 0 Å². The Morgan fingerprint density at radius 2 is 1.90 bits per heavy atom. The Hall–Kier alpha value is -2.83. The smallest absolute Gasteiger partial charge is 0.255 e. The van der Waals surface area contributed by atoms with E-state index in [4.69, 9.17) is 9.84 Å². The number of ether oxygens (including phenoxy) is 1. The first-order valence-corrected chi connectivity index (χ1v) is 9.47. The molecule has 0 spiro atoms. The molecule has 3 aromatic rings. The predicted octanol–water partition coefficient (Wildman–Crippen LogP) is 2.98. The molecule has 7 heteroatoms. The highest BCUT2D eigenvalue weighted by Gasteiger charge is 2.21. The number of rotatable bonds is 7. The quantitative estimate of drug-likeness (QED) is 0.626. The number of hydrogen-bond donors (Lipinski definition) is 2. The standard InChI is InChI=1S/C22H24N4O2.ClH/c1-28-19-9-7-18(8-10-19)21-20(22(27)24-13-17-11-23-12-17)15-26(25-21)14-16-5-3-2-4-6-16;/h2-10,15,17,23H,11-14H2,1H3,(H,24,27);1H. The Balaban J connectivity index is 0.00000240. The third-order valence-electron chi connectivity index (χ3n) is 4.97. The van der Waals surface area contributed by atoms with E-state index in [1.807, 2.05) is 53.3 Å². The molecule has 1 aromatic heterocycles. The highest BCUT2D eigenvalue weighted by Crippen LogP contribution is 2.25. The molecule has 6 nitrogen and oxygen atoms in total. The lowest BCUT2D eigenvalue weighted by molar-refractivity contribution is 0.0942.